The zero-order valence-electron chi connectivity index (χ0n) is 14.4. The second kappa shape index (κ2) is 8.49. The number of carboxylic acid groups (broad SMARTS) is 1. The lowest BCUT2D eigenvalue weighted by molar-refractivity contribution is -0.387. The van der Waals surface area contributed by atoms with E-state index in [9.17, 15) is 23.3 Å². The highest BCUT2D eigenvalue weighted by Crippen LogP contribution is 2.30. The van der Waals surface area contributed by atoms with Crippen LogP contribution >= 0.6 is 0 Å². The molecule has 2 aromatic carbocycles. The van der Waals surface area contributed by atoms with Gasteiger partial charge in [0.2, 0.25) is 0 Å². The van der Waals surface area contributed by atoms with Crippen LogP contribution in [0.2, 0.25) is 0 Å². The first-order chi connectivity index (χ1) is 12.8. The van der Waals surface area contributed by atoms with Crippen molar-refractivity contribution in [2.75, 3.05) is 17.5 Å². The first kappa shape index (κ1) is 20.2. The molecular weight excluding hydrogens is 376 g/mol. The molecule has 0 fully saturated rings. The molecule has 0 unspecified atom stereocenters. The van der Waals surface area contributed by atoms with Gasteiger partial charge < -0.3 is 9.84 Å². The minimum Gasteiger partial charge on any atom is -0.494 e. The fourth-order valence-corrected chi connectivity index (χ4v) is 3.89. The zero-order valence-corrected chi connectivity index (χ0v) is 15.3. The number of carboxylic acids is 1. The summed E-state index contributed by atoms with van der Waals surface area (Å²) in [7, 11) is -4.48. The van der Waals surface area contributed by atoms with E-state index in [0.29, 0.717) is 16.7 Å². The molecular formula is C17H18N2O7S. The van der Waals surface area contributed by atoms with Crippen molar-refractivity contribution in [2.45, 2.75) is 18.2 Å². The van der Waals surface area contributed by atoms with Gasteiger partial charge in [-0.2, -0.15) is 0 Å². The van der Waals surface area contributed by atoms with E-state index in [1.807, 2.05) is 6.92 Å². The second-order valence-electron chi connectivity index (χ2n) is 5.47. The minimum atomic E-state index is -4.48. The molecule has 0 aliphatic heterocycles. The molecule has 27 heavy (non-hydrogen) atoms. The Morgan fingerprint density at radius 1 is 1.19 bits per heavy atom. The maximum absolute atomic E-state index is 13.0. The molecule has 0 saturated carbocycles. The standard InChI is InChI=1S/C17H18N2O7S/c1-2-11-26-14-9-7-13(8-10-14)18(12-17(20)21)27(24,25)16-6-4-3-5-15(16)19(22)23/h3-10H,2,11-12H2,1H3,(H,20,21). The fraction of sp³-hybridized carbons (Fsp3) is 0.235. The summed E-state index contributed by atoms with van der Waals surface area (Å²) in [6.07, 6.45) is 0.791. The molecule has 0 aromatic heterocycles. The van der Waals surface area contributed by atoms with E-state index in [-0.39, 0.29) is 5.69 Å². The van der Waals surface area contributed by atoms with Crippen LogP contribution in [0.15, 0.2) is 53.4 Å². The van der Waals surface area contributed by atoms with Gasteiger partial charge in [0.15, 0.2) is 4.90 Å². The number of aliphatic carboxylic acids is 1. The van der Waals surface area contributed by atoms with Crippen LogP contribution in [0.1, 0.15) is 13.3 Å². The van der Waals surface area contributed by atoms with Gasteiger partial charge in [0.1, 0.15) is 12.3 Å². The van der Waals surface area contributed by atoms with E-state index in [2.05, 4.69) is 0 Å². The number of nitro groups is 1. The molecule has 0 atom stereocenters. The lowest BCUT2D eigenvalue weighted by Crippen LogP contribution is -2.36. The van der Waals surface area contributed by atoms with Crippen LogP contribution in [0.5, 0.6) is 5.75 Å². The number of nitrogens with zero attached hydrogens (tertiary/aromatic N) is 2. The third-order valence-corrected chi connectivity index (χ3v) is 5.33. The summed E-state index contributed by atoms with van der Waals surface area (Å²) in [5.41, 5.74) is -0.574. The Labute approximate surface area is 156 Å². The fourth-order valence-electron chi connectivity index (χ4n) is 2.31. The van der Waals surface area contributed by atoms with E-state index < -0.39 is 38.0 Å². The number of sulfonamides is 1. The molecule has 144 valence electrons. The van der Waals surface area contributed by atoms with Gasteiger partial charge >= 0.3 is 5.97 Å². The molecule has 0 radical (unpaired) electrons. The highest BCUT2D eigenvalue weighted by molar-refractivity contribution is 7.93. The van der Waals surface area contributed by atoms with Crippen LogP contribution in [0.25, 0.3) is 0 Å². The Morgan fingerprint density at radius 3 is 2.37 bits per heavy atom. The molecule has 0 spiro atoms. The van der Waals surface area contributed by atoms with Crippen LogP contribution < -0.4 is 9.04 Å². The van der Waals surface area contributed by atoms with E-state index in [1.165, 1.54) is 36.4 Å². The Kier molecular flexibility index (Phi) is 6.35. The van der Waals surface area contributed by atoms with Gasteiger partial charge in [-0.1, -0.05) is 19.1 Å². The summed E-state index contributed by atoms with van der Waals surface area (Å²) in [5.74, 6) is -0.901. The third kappa shape index (κ3) is 4.73. The van der Waals surface area contributed by atoms with Crippen molar-refractivity contribution < 1.29 is 28.0 Å². The third-order valence-electron chi connectivity index (χ3n) is 3.51. The Bertz CT molecular complexity index is 927. The molecule has 9 nitrogen and oxygen atoms in total. The number of benzene rings is 2. The highest BCUT2D eigenvalue weighted by Gasteiger charge is 2.33. The summed E-state index contributed by atoms with van der Waals surface area (Å²) in [6.45, 7) is 1.53. The van der Waals surface area contributed by atoms with Crippen molar-refractivity contribution in [3.05, 3.63) is 58.6 Å². The van der Waals surface area contributed by atoms with Crippen LogP contribution in [0, 0.1) is 10.1 Å². The van der Waals surface area contributed by atoms with Crippen LogP contribution in [0.3, 0.4) is 0 Å². The number of carbonyl (C=O) groups is 1. The number of anilines is 1. The zero-order chi connectivity index (χ0) is 20.0. The van der Waals surface area contributed by atoms with Crippen molar-refractivity contribution in [1.82, 2.24) is 0 Å². The van der Waals surface area contributed by atoms with Crippen molar-refractivity contribution in [1.29, 1.82) is 0 Å². The Morgan fingerprint density at radius 2 is 1.81 bits per heavy atom. The molecule has 1 N–H and O–H groups in total. The van der Waals surface area contributed by atoms with Gasteiger partial charge in [0, 0.05) is 6.07 Å². The number of rotatable bonds is 9. The quantitative estimate of drug-likeness (QED) is 0.511. The van der Waals surface area contributed by atoms with Crippen molar-refractivity contribution in [3.63, 3.8) is 0 Å². The average Bonchev–Trinajstić information content (AvgIpc) is 2.64. The predicted molar refractivity (Wildman–Crippen MR) is 97.5 cm³/mol. The lowest BCUT2D eigenvalue weighted by atomic mass is 10.3. The van der Waals surface area contributed by atoms with Gasteiger partial charge in [-0.3, -0.25) is 19.2 Å². The van der Waals surface area contributed by atoms with Gasteiger partial charge in [0.25, 0.3) is 15.7 Å². The van der Waals surface area contributed by atoms with Gasteiger partial charge in [-0.25, -0.2) is 8.42 Å². The normalized spacial score (nSPS) is 11.0. The molecule has 2 aromatic rings. The first-order valence-electron chi connectivity index (χ1n) is 7.98. The second-order valence-corrected chi connectivity index (χ2v) is 7.30. The predicted octanol–water partition coefficient (Wildman–Crippen LogP) is 2.66. The number of ether oxygens (including phenoxy) is 1. The molecule has 2 rings (SSSR count). The lowest BCUT2D eigenvalue weighted by Gasteiger charge is -2.22. The van der Waals surface area contributed by atoms with Crippen LogP contribution in [0.4, 0.5) is 11.4 Å². The summed E-state index contributed by atoms with van der Waals surface area (Å²) < 4.78 is 32.0. The maximum Gasteiger partial charge on any atom is 0.324 e. The van der Waals surface area contributed by atoms with Crippen molar-refractivity contribution in [2.24, 2.45) is 0 Å². The van der Waals surface area contributed by atoms with Gasteiger partial charge in [-0.05, 0) is 36.8 Å². The SMILES string of the molecule is CCCOc1ccc(N(CC(=O)O)S(=O)(=O)c2ccccc2[N+](=O)[O-])cc1. The molecule has 0 bridgehead atoms. The monoisotopic (exact) mass is 394 g/mol. The molecule has 0 saturated heterocycles. The summed E-state index contributed by atoms with van der Waals surface area (Å²) in [5, 5.41) is 20.3. The van der Waals surface area contributed by atoms with Gasteiger partial charge in [-0.15, -0.1) is 0 Å². The average molecular weight is 394 g/mol. The van der Waals surface area contributed by atoms with Crippen molar-refractivity contribution in [3.8, 4) is 5.75 Å². The van der Waals surface area contributed by atoms with Crippen LogP contribution in [-0.4, -0.2) is 37.6 Å². The molecule has 0 heterocycles. The molecule has 0 amide bonds. The Balaban J connectivity index is 2.50. The number of hydrogen-bond acceptors (Lipinski definition) is 6. The molecule has 0 aliphatic carbocycles. The topological polar surface area (TPSA) is 127 Å². The number of hydrogen-bond donors (Lipinski definition) is 1. The summed E-state index contributed by atoms with van der Waals surface area (Å²) in [4.78, 5) is 21.0. The summed E-state index contributed by atoms with van der Waals surface area (Å²) >= 11 is 0. The smallest absolute Gasteiger partial charge is 0.324 e. The highest BCUT2D eigenvalue weighted by atomic mass is 32.2. The minimum absolute atomic E-state index is 0.0550. The van der Waals surface area contributed by atoms with E-state index in [1.54, 1.807) is 0 Å². The largest absolute Gasteiger partial charge is 0.494 e. The first-order valence-corrected chi connectivity index (χ1v) is 9.42. The Hall–Kier alpha value is -3.14. The maximum atomic E-state index is 13.0. The van der Waals surface area contributed by atoms with Crippen LogP contribution in [-0.2, 0) is 14.8 Å². The molecule has 0 aliphatic rings. The van der Waals surface area contributed by atoms with E-state index in [0.717, 1.165) is 18.6 Å². The number of nitro benzene ring substituents is 1. The number of para-hydroxylation sites is 1. The molecule has 10 heteroatoms. The van der Waals surface area contributed by atoms with E-state index >= 15 is 0 Å². The van der Waals surface area contributed by atoms with Gasteiger partial charge in [0.05, 0.1) is 17.2 Å². The van der Waals surface area contributed by atoms with E-state index in [4.69, 9.17) is 9.84 Å². The van der Waals surface area contributed by atoms with Crippen molar-refractivity contribution >= 4 is 27.4 Å². The summed E-state index contributed by atoms with van der Waals surface area (Å²) in [6, 6.07) is 10.6.